The number of hydrogen-bond donors (Lipinski definition) is 1. The van der Waals surface area contributed by atoms with Crippen LogP contribution >= 0.6 is 0 Å². The fourth-order valence-corrected chi connectivity index (χ4v) is 5.15. The van der Waals surface area contributed by atoms with Crippen molar-refractivity contribution in [2.45, 2.75) is 58.7 Å². The Morgan fingerprint density at radius 1 is 1.15 bits per heavy atom. The van der Waals surface area contributed by atoms with E-state index in [9.17, 15) is 18.0 Å². The van der Waals surface area contributed by atoms with E-state index in [2.05, 4.69) is 5.32 Å². The minimum Gasteiger partial charge on any atom is -0.350 e. The van der Waals surface area contributed by atoms with E-state index in [1.165, 1.54) is 4.90 Å². The second kappa shape index (κ2) is 8.00. The molecule has 0 aromatic heterocycles. The van der Waals surface area contributed by atoms with Gasteiger partial charge in [-0.05, 0) is 45.2 Å². The summed E-state index contributed by atoms with van der Waals surface area (Å²) in [5, 5.41) is 2.95. The maximum Gasteiger partial charge on any atom is 0.254 e. The Labute approximate surface area is 162 Å². The zero-order valence-corrected chi connectivity index (χ0v) is 17.5. The smallest absolute Gasteiger partial charge is 0.254 e. The molecule has 27 heavy (non-hydrogen) atoms. The third-order valence-electron chi connectivity index (χ3n) is 4.56. The van der Waals surface area contributed by atoms with Crippen molar-refractivity contribution in [3.05, 3.63) is 35.9 Å². The summed E-state index contributed by atoms with van der Waals surface area (Å²) < 4.78 is 24.1. The van der Waals surface area contributed by atoms with Crippen molar-refractivity contribution in [3.8, 4) is 0 Å². The van der Waals surface area contributed by atoms with E-state index in [1.807, 2.05) is 40.7 Å². The monoisotopic (exact) mass is 394 g/mol. The largest absolute Gasteiger partial charge is 0.350 e. The lowest BCUT2D eigenvalue weighted by Gasteiger charge is -2.39. The number of carbonyl (C=O) groups excluding carboxylic acids is 2. The van der Waals surface area contributed by atoms with Crippen LogP contribution in [0.4, 0.5) is 0 Å². The van der Waals surface area contributed by atoms with Gasteiger partial charge in [-0.2, -0.15) is 0 Å². The third kappa shape index (κ3) is 5.54. The van der Waals surface area contributed by atoms with Crippen LogP contribution in [0.1, 0.15) is 51.4 Å². The highest BCUT2D eigenvalue weighted by molar-refractivity contribution is 7.91. The molecule has 1 aromatic rings. The lowest BCUT2D eigenvalue weighted by Crippen LogP contribution is -2.59. The fraction of sp³-hybridized carbons (Fsp3) is 0.600. The number of hydrogen-bond acceptors (Lipinski definition) is 4. The molecule has 2 atom stereocenters. The molecule has 2 rings (SSSR count). The minimum atomic E-state index is -3.20. The predicted molar refractivity (Wildman–Crippen MR) is 106 cm³/mol. The molecule has 1 N–H and O–H groups in total. The highest BCUT2D eigenvalue weighted by Crippen LogP contribution is 2.26. The van der Waals surface area contributed by atoms with Crippen LogP contribution in [0.2, 0.25) is 0 Å². The van der Waals surface area contributed by atoms with Crippen molar-refractivity contribution in [1.82, 2.24) is 10.2 Å². The first kappa shape index (κ1) is 21.4. The van der Waals surface area contributed by atoms with Gasteiger partial charge in [0.1, 0.15) is 6.04 Å². The van der Waals surface area contributed by atoms with Crippen LogP contribution in [0.25, 0.3) is 0 Å². The molecule has 0 radical (unpaired) electrons. The van der Waals surface area contributed by atoms with E-state index in [4.69, 9.17) is 0 Å². The van der Waals surface area contributed by atoms with Crippen LogP contribution in [-0.4, -0.2) is 54.3 Å². The molecular formula is C20H30N2O4S. The fourth-order valence-electron chi connectivity index (χ4n) is 3.44. The van der Waals surface area contributed by atoms with Gasteiger partial charge in [0.2, 0.25) is 5.91 Å². The summed E-state index contributed by atoms with van der Waals surface area (Å²) in [6, 6.07) is 7.48. The van der Waals surface area contributed by atoms with Gasteiger partial charge in [0.25, 0.3) is 5.91 Å². The second-order valence-corrected chi connectivity index (χ2v) is 10.8. The molecule has 7 heteroatoms. The third-order valence-corrected chi connectivity index (χ3v) is 6.31. The number of benzene rings is 1. The maximum absolute atomic E-state index is 13.3. The van der Waals surface area contributed by atoms with Crippen LogP contribution in [0, 0.1) is 5.92 Å². The Hall–Kier alpha value is -1.89. The Balaban J connectivity index is 2.45. The van der Waals surface area contributed by atoms with Crippen molar-refractivity contribution < 1.29 is 18.0 Å². The van der Waals surface area contributed by atoms with E-state index in [0.717, 1.165) is 0 Å². The molecule has 1 aliphatic rings. The number of carbonyl (C=O) groups is 2. The van der Waals surface area contributed by atoms with Crippen molar-refractivity contribution >= 4 is 21.7 Å². The van der Waals surface area contributed by atoms with Gasteiger partial charge in [0.05, 0.1) is 11.5 Å². The van der Waals surface area contributed by atoms with E-state index in [-0.39, 0.29) is 29.2 Å². The van der Waals surface area contributed by atoms with Crippen molar-refractivity contribution in [2.24, 2.45) is 5.92 Å². The number of amides is 2. The molecule has 1 heterocycles. The molecule has 0 spiro atoms. The summed E-state index contributed by atoms with van der Waals surface area (Å²) in [7, 11) is -3.20. The zero-order chi connectivity index (χ0) is 20.4. The van der Waals surface area contributed by atoms with Crippen LogP contribution in [-0.2, 0) is 14.6 Å². The van der Waals surface area contributed by atoms with E-state index in [0.29, 0.717) is 12.0 Å². The molecule has 1 aliphatic heterocycles. The summed E-state index contributed by atoms with van der Waals surface area (Å²) in [5.41, 5.74) is 0.00368. The Morgan fingerprint density at radius 3 is 2.19 bits per heavy atom. The molecule has 1 fully saturated rings. The molecule has 0 bridgehead atoms. The average molecular weight is 395 g/mol. The summed E-state index contributed by atoms with van der Waals surface area (Å²) in [5.74, 6) is -0.783. The molecule has 2 amide bonds. The normalized spacial score (nSPS) is 20.3. The molecule has 1 saturated heterocycles. The van der Waals surface area contributed by atoms with Gasteiger partial charge in [0, 0.05) is 17.1 Å². The molecule has 0 aliphatic carbocycles. The number of nitrogens with zero attached hydrogens (tertiary/aromatic N) is 1. The quantitative estimate of drug-likeness (QED) is 0.830. The summed E-state index contributed by atoms with van der Waals surface area (Å²) in [6.45, 7) is 9.40. The van der Waals surface area contributed by atoms with Gasteiger partial charge in [-0.1, -0.05) is 32.0 Å². The summed E-state index contributed by atoms with van der Waals surface area (Å²) in [6.07, 6.45) is 0.354. The molecule has 150 valence electrons. The van der Waals surface area contributed by atoms with Crippen LogP contribution < -0.4 is 5.32 Å². The second-order valence-electron chi connectivity index (χ2n) is 8.56. The minimum absolute atomic E-state index is 0.0436. The van der Waals surface area contributed by atoms with E-state index >= 15 is 0 Å². The Bertz CT molecular complexity index is 782. The van der Waals surface area contributed by atoms with E-state index in [1.54, 1.807) is 24.3 Å². The number of sulfone groups is 1. The zero-order valence-electron chi connectivity index (χ0n) is 16.7. The first-order chi connectivity index (χ1) is 12.4. The van der Waals surface area contributed by atoms with Crippen LogP contribution in [0.15, 0.2) is 30.3 Å². The van der Waals surface area contributed by atoms with Gasteiger partial charge in [-0.15, -0.1) is 0 Å². The lowest BCUT2D eigenvalue weighted by atomic mass is 9.96. The van der Waals surface area contributed by atoms with E-state index < -0.39 is 27.5 Å². The van der Waals surface area contributed by atoms with Crippen molar-refractivity contribution in [3.63, 3.8) is 0 Å². The molecule has 1 aromatic carbocycles. The molecule has 6 nitrogen and oxygen atoms in total. The topological polar surface area (TPSA) is 83.6 Å². The van der Waals surface area contributed by atoms with Gasteiger partial charge < -0.3 is 10.2 Å². The first-order valence-corrected chi connectivity index (χ1v) is 11.1. The van der Waals surface area contributed by atoms with Gasteiger partial charge >= 0.3 is 0 Å². The van der Waals surface area contributed by atoms with Crippen LogP contribution in [0.5, 0.6) is 0 Å². The Morgan fingerprint density at radius 2 is 1.74 bits per heavy atom. The highest BCUT2D eigenvalue weighted by atomic mass is 32.2. The highest BCUT2D eigenvalue weighted by Gasteiger charge is 2.42. The van der Waals surface area contributed by atoms with Crippen LogP contribution in [0.3, 0.4) is 0 Å². The molecular weight excluding hydrogens is 364 g/mol. The van der Waals surface area contributed by atoms with Gasteiger partial charge in [-0.25, -0.2) is 8.42 Å². The molecule has 0 saturated carbocycles. The van der Waals surface area contributed by atoms with Crippen molar-refractivity contribution in [1.29, 1.82) is 0 Å². The number of rotatable bonds is 5. The lowest BCUT2D eigenvalue weighted by molar-refractivity contribution is -0.129. The maximum atomic E-state index is 13.3. The first-order valence-electron chi connectivity index (χ1n) is 9.31. The Kier molecular flexibility index (Phi) is 6.35. The average Bonchev–Trinajstić information content (AvgIpc) is 2.90. The van der Waals surface area contributed by atoms with Crippen molar-refractivity contribution in [2.75, 3.05) is 11.5 Å². The van der Waals surface area contributed by atoms with Gasteiger partial charge in [0.15, 0.2) is 9.84 Å². The summed E-state index contributed by atoms with van der Waals surface area (Å²) in [4.78, 5) is 27.9. The SMILES string of the molecule is CC(C)[C@H](C(=O)NC(C)(C)C)N(C(=O)c1ccccc1)[C@H]1CCS(=O)(=O)C1. The number of nitrogens with one attached hydrogen (secondary N) is 1. The standard InChI is InChI=1S/C20H30N2O4S/c1-14(2)17(18(23)21-20(3,4)5)22(16-11-12-27(25,26)13-16)19(24)15-9-7-6-8-10-15/h6-10,14,16-17H,11-13H2,1-5H3,(H,21,23)/t16-,17+/m0/s1. The summed E-state index contributed by atoms with van der Waals surface area (Å²) >= 11 is 0. The van der Waals surface area contributed by atoms with Gasteiger partial charge in [-0.3, -0.25) is 9.59 Å². The predicted octanol–water partition coefficient (Wildman–Crippen LogP) is 2.26. The molecule has 0 unspecified atom stereocenters.